The van der Waals surface area contributed by atoms with Crippen LogP contribution in [0, 0.1) is 5.82 Å². The summed E-state index contributed by atoms with van der Waals surface area (Å²) in [6.45, 7) is -1.55. The van der Waals surface area contributed by atoms with E-state index in [1.54, 1.807) is 0 Å². The quantitative estimate of drug-likeness (QED) is 0.877. The van der Waals surface area contributed by atoms with E-state index in [0.29, 0.717) is 0 Å². The monoisotopic (exact) mass is 315 g/mol. The molecule has 4 nitrogen and oxygen atoms in total. The van der Waals surface area contributed by atoms with E-state index in [2.05, 4.69) is 9.72 Å². The lowest BCUT2D eigenvalue weighted by Gasteiger charge is -2.11. The molecule has 0 saturated heterocycles. The number of ether oxygens (including phenoxy) is 1. The molecule has 0 unspecified atom stereocenters. The maximum absolute atomic E-state index is 12.9. The number of carboxylic acid groups (broad SMARTS) is 1. The molecule has 0 amide bonds. The summed E-state index contributed by atoms with van der Waals surface area (Å²) in [5.41, 5.74) is -0.0885. The second-order valence-corrected chi connectivity index (χ2v) is 4.26. The summed E-state index contributed by atoms with van der Waals surface area (Å²) in [6, 6.07) is 6.84. The van der Waals surface area contributed by atoms with E-state index in [-0.39, 0.29) is 22.7 Å². The van der Waals surface area contributed by atoms with Crippen molar-refractivity contribution in [2.75, 3.05) is 6.61 Å². The van der Waals surface area contributed by atoms with Crippen molar-refractivity contribution in [3.63, 3.8) is 0 Å². The number of aromatic carboxylic acids is 1. The lowest BCUT2D eigenvalue weighted by atomic mass is 10.1. The standard InChI is InChI=1S/C14H9F4NO3/c15-9-3-1-8(2-4-9)12-10(13(20)21)5-6-11(19-12)22-7-14(16,17)18/h1-6H,7H2,(H,20,21). The van der Waals surface area contributed by atoms with Crippen molar-refractivity contribution >= 4 is 5.97 Å². The number of pyridine rings is 1. The smallest absolute Gasteiger partial charge is 0.422 e. The van der Waals surface area contributed by atoms with Gasteiger partial charge in [-0.2, -0.15) is 13.2 Å². The van der Waals surface area contributed by atoms with Gasteiger partial charge in [-0.05, 0) is 30.3 Å². The fourth-order valence-corrected chi connectivity index (χ4v) is 1.68. The summed E-state index contributed by atoms with van der Waals surface area (Å²) in [5.74, 6) is -2.22. The summed E-state index contributed by atoms with van der Waals surface area (Å²) in [5, 5.41) is 9.10. The third-order valence-electron chi connectivity index (χ3n) is 2.60. The molecule has 1 N–H and O–H groups in total. The first-order valence-electron chi connectivity index (χ1n) is 5.96. The topological polar surface area (TPSA) is 59.4 Å². The molecule has 0 fully saturated rings. The van der Waals surface area contributed by atoms with Gasteiger partial charge in [0.1, 0.15) is 5.82 Å². The third-order valence-corrected chi connectivity index (χ3v) is 2.60. The lowest BCUT2D eigenvalue weighted by molar-refractivity contribution is -0.154. The molecular formula is C14H9F4NO3. The van der Waals surface area contributed by atoms with Crippen LogP contribution >= 0.6 is 0 Å². The van der Waals surface area contributed by atoms with Gasteiger partial charge >= 0.3 is 12.1 Å². The van der Waals surface area contributed by atoms with Crippen LogP contribution in [0.3, 0.4) is 0 Å². The summed E-state index contributed by atoms with van der Waals surface area (Å²) in [6.07, 6.45) is -4.54. The van der Waals surface area contributed by atoms with Gasteiger partial charge < -0.3 is 9.84 Å². The number of hydrogen-bond acceptors (Lipinski definition) is 3. The number of benzene rings is 1. The van der Waals surface area contributed by atoms with Crippen LogP contribution < -0.4 is 4.74 Å². The van der Waals surface area contributed by atoms with Gasteiger partial charge in [0.15, 0.2) is 6.61 Å². The zero-order chi connectivity index (χ0) is 16.3. The highest BCUT2D eigenvalue weighted by Crippen LogP contribution is 2.26. The maximum atomic E-state index is 12.9. The molecule has 0 aliphatic rings. The summed E-state index contributed by atoms with van der Waals surface area (Å²) < 4.78 is 53.8. The van der Waals surface area contributed by atoms with Gasteiger partial charge in [-0.3, -0.25) is 0 Å². The van der Waals surface area contributed by atoms with Gasteiger partial charge in [0.25, 0.3) is 0 Å². The predicted molar refractivity (Wildman–Crippen MR) is 68.1 cm³/mol. The van der Waals surface area contributed by atoms with Gasteiger partial charge in [-0.15, -0.1) is 0 Å². The van der Waals surface area contributed by atoms with Crippen LogP contribution in [0.5, 0.6) is 5.88 Å². The van der Waals surface area contributed by atoms with Crippen molar-refractivity contribution in [1.29, 1.82) is 0 Å². The Labute approximate surface area is 122 Å². The van der Waals surface area contributed by atoms with Gasteiger partial charge in [0, 0.05) is 11.6 Å². The number of nitrogens with zero attached hydrogens (tertiary/aromatic N) is 1. The molecule has 0 aliphatic heterocycles. The molecule has 116 valence electrons. The van der Waals surface area contributed by atoms with Crippen molar-refractivity contribution in [1.82, 2.24) is 4.98 Å². The first-order valence-corrected chi connectivity index (χ1v) is 5.96. The average Bonchev–Trinajstić information content (AvgIpc) is 2.45. The van der Waals surface area contributed by atoms with E-state index in [1.807, 2.05) is 0 Å². The molecule has 0 radical (unpaired) electrons. The van der Waals surface area contributed by atoms with Crippen molar-refractivity contribution < 1.29 is 32.2 Å². The molecule has 1 aromatic heterocycles. The van der Waals surface area contributed by atoms with Crippen LogP contribution in [-0.2, 0) is 0 Å². The first-order chi connectivity index (χ1) is 10.3. The fraction of sp³-hybridized carbons (Fsp3) is 0.143. The molecule has 2 aromatic rings. The van der Waals surface area contributed by atoms with Crippen LogP contribution in [-0.4, -0.2) is 28.8 Å². The molecule has 0 bridgehead atoms. The Morgan fingerprint density at radius 1 is 1.14 bits per heavy atom. The van der Waals surface area contributed by atoms with Crippen LogP contribution in [0.1, 0.15) is 10.4 Å². The third kappa shape index (κ3) is 3.94. The average molecular weight is 315 g/mol. The summed E-state index contributed by atoms with van der Waals surface area (Å²) in [7, 11) is 0. The van der Waals surface area contributed by atoms with Crippen LogP contribution in [0.4, 0.5) is 17.6 Å². The number of carbonyl (C=O) groups is 1. The minimum absolute atomic E-state index is 0.104. The van der Waals surface area contributed by atoms with Gasteiger partial charge in [-0.1, -0.05) is 0 Å². The number of aromatic nitrogens is 1. The van der Waals surface area contributed by atoms with Crippen LogP contribution in [0.15, 0.2) is 36.4 Å². The highest BCUT2D eigenvalue weighted by atomic mass is 19.4. The normalized spacial score (nSPS) is 11.3. The van der Waals surface area contributed by atoms with Crippen LogP contribution in [0.25, 0.3) is 11.3 Å². The largest absolute Gasteiger partial charge is 0.478 e. The van der Waals surface area contributed by atoms with E-state index in [1.165, 1.54) is 12.1 Å². The SMILES string of the molecule is O=C(O)c1ccc(OCC(F)(F)F)nc1-c1ccc(F)cc1. The highest BCUT2D eigenvalue weighted by molar-refractivity contribution is 5.94. The molecule has 1 heterocycles. The molecule has 1 aromatic carbocycles. The van der Waals surface area contributed by atoms with Gasteiger partial charge in [-0.25, -0.2) is 14.2 Å². The molecule has 0 aliphatic carbocycles. The second-order valence-electron chi connectivity index (χ2n) is 4.26. The second kappa shape index (κ2) is 6.00. The minimum atomic E-state index is -4.54. The van der Waals surface area contributed by atoms with E-state index < -0.39 is 24.6 Å². The number of halogens is 4. The van der Waals surface area contributed by atoms with Crippen LogP contribution in [0.2, 0.25) is 0 Å². The molecule has 0 spiro atoms. The Balaban J connectivity index is 2.40. The Bertz CT molecular complexity index is 683. The lowest BCUT2D eigenvalue weighted by Crippen LogP contribution is -2.19. The molecule has 2 rings (SSSR count). The Morgan fingerprint density at radius 3 is 2.32 bits per heavy atom. The fourth-order valence-electron chi connectivity index (χ4n) is 1.68. The summed E-state index contributed by atoms with van der Waals surface area (Å²) >= 11 is 0. The van der Waals surface area contributed by atoms with Gasteiger partial charge in [0.2, 0.25) is 5.88 Å². The maximum Gasteiger partial charge on any atom is 0.422 e. The van der Waals surface area contributed by atoms with Crippen molar-refractivity contribution in [2.45, 2.75) is 6.18 Å². The minimum Gasteiger partial charge on any atom is -0.478 e. The molecule has 8 heteroatoms. The molecular weight excluding hydrogens is 306 g/mol. The molecule has 0 atom stereocenters. The molecule has 22 heavy (non-hydrogen) atoms. The van der Waals surface area contributed by atoms with Gasteiger partial charge in [0.05, 0.1) is 11.3 Å². The van der Waals surface area contributed by atoms with E-state index in [0.717, 1.165) is 24.3 Å². The highest BCUT2D eigenvalue weighted by Gasteiger charge is 2.29. The summed E-state index contributed by atoms with van der Waals surface area (Å²) in [4.78, 5) is 14.9. The number of hydrogen-bond donors (Lipinski definition) is 1. The first kappa shape index (κ1) is 15.7. The van der Waals surface area contributed by atoms with Crippen molar-refractivity contribution in [2.24, 2.45) is 0 Å². The molecule has 0 saturated carbocycles. The van der Waals surface area contributed by atoms with E-state index >= 15 is 0 Å². The Morgan fingerprint density at radius 2 is 1.77 bits per heavy atom. The number of alkyl halides is 3. The predicted octanol–water partition coefficient (Wildman–Crippen LogP) is 3.53. The van der Waals surface area contributed by atoms with E-state index in [4.69, 9.17) is 5.11 Å². The zero-order valence-corrected chi connectivity index (χ0v) is 10.9. The van der Waals surface area contributed by atoms with E-state index in [9.17, 15) is 22.4 Å². The zero-order valence-electron chi connectivity index (χ0n) is 10.9. The Kier molecular flexibility index (Phi) is 4.30. The number of carboxylic acids is 1. The number of rotatable bonds is 4. The van der Waals surface area contributed by atoms with Crippen molar-refractivity contribution in [3.8, 4) is 17.1 Å². The van der Waals surface area contributed by atoms with Crippen molar-refractivity contribution in [3.05, 3.63) is 47.8 Å². The Hall–Kier alpha value is -2.64.